The number of hydrogen-bond donors (Lipinski definition) is 1. The van der Waals surface area contributed by atoms with E-state index >= 15 is 0 Å². The minimum Gasteiger partial charge on any atom is -0.483 e. The molecule has 1 heterocycles. The van der Waals surface area contributed by atoms with Gasteiger partial charge in [0.1, 0.15) is 11.6 Å². The predicted molar refractivity (Wildman–Crippen MR) is 93.1 cm³/mol. The molecular formula is C19H21FN2O4. The number of ketones is 1. The summed E-state index contributed by atoms with van der Waals surface area (Å²) in [4.78, 5) is 24.2. The van der Waals surface area contributed by atoms with Gasteiger partial charge in [0.15, 0.2) is 12.4 Å². The molecule has 1 aromatic carbocycles. The van der Waals surface area contributed by atoms with Crippen molar-refractivity contribution < 1.29 is 23.2 Å². The number of fused-ring (bicyclic) bond motifs is 1. The van der Waals surface area contributed by atoms with Crippen molar-refractivity contribution in [1.82, 2.24) is 5.16 Å². The summed E-state index contributed by atoms with van der Waals surface area (Å²) in [5, 5.41) is 6.47. The first-order valence-electron chi connectivity index (χ1n) is 8.42. The Morgan fingerprint density at radius 3 is 2.81 bits per heavy atom. The lowest BCUT2D eigenvalue weighted by Gasteiger charge is -2.12. The van der Waals surface area contributed by atoms with Crippen molar-refractivity contribution in [3.63, 3.8) is 0 Å². The fourth-order valence-corrected chi connectivity index (χ4v) is 2.95. The van der Waals surface area contributed by atoms with Crippen LogP contribution in [-0.4, -0.2) is 23.5 Å². The molecule has 0 unspecified atom stereocenters. The van der Waals surface area contributed by atoms with Gasteiger partial charge in [-0.15, -0.1) is 0 Å². The largest absolute Gasteiger partial charge is 0.483 e. The molecule has 1 aliphatic carbocycles. The second-order valence-electron chi connectivity index (χ2n) is 7.53. The maximum Gasteiger partial charge on any atom is 0.264 e. The molecule has 0 saturated carbocycles. The zero-order chi connectivity index (χ0) is 19.1. The lowest BCUT2D eigenvalue weighted by atomic mass is 9.92. The van der Waals surface area contributed by atoms with Crippen LogP contribution in [-0.2, 0) is 10.2 Å². The first-order chi connectivity index (χ1) is 12.2. The van der Waals surface area contributed by atoms with Gasteiger partial charge in [-0.05, 0) is 18.1 Å². The maximum atomic E-state index is 14.0. The number of halogens is 1. The van der Waals surface area contributed by atoms with Crippen molar-refractivity contribution in [2.24, 2.45) is 0 Å². The van der Waals surface area contributed by atoms with Gasteiger partial charge in [0.25, 0.3) is 5.91 Å². The van der Waals surface area contributed by atoms with E-state index in [4.69, 9.17) is 9.26 Å². The van der Waals surface area contributed by atoms with Crippen molar-refractivity contribution in [2.45, 2.75) is 45.4 Å². The molecule has 0 spiro atoms. The van der Waals surface area contributed by atoms with Crippen LogP contribution in [0, 0.1) is 5.82 Å². The van der Waals surface area contributed by atoms with Gasteiger partial charge >= 0.3 is 0 Å². The Morgan fingerprint density at radius 2 is 2.15 bits per heavy atom. The molecule has 1 amide bonds. The molecule has 1 aliphatic rings. The molecule has 1 N–H and O–H groups in total. The Labute approximate surface area is 150 Å². The molecule has 6 nitrogen and oxygen atoms in total. The van der Waals surface area contributed by atoms with E-state index in [1.165, 1.54) is 12.1 Å². The number of benzene rings is 1. The summed E-state index contributed by atoms with van der Waals surface area (Å²) in [6, 6.07) is 4.29. The summed E-state index contributed by atoms with van der Waals surface area (Å²) in [5.74, 6) is -0.812. The van der Waals surface area contributed by atoms with E-state index in [1.54, 1.807) is 13.0 Å². The monoisotopic (exact) mass is 360 g/mol. The SMILES string of the molecule is C[C@@H]1CC(=O)c2c(OCC(=O)Nc3cc(C(C)(C)C)no3)ccc(F)c21. The third kappa shape index (κ3) is 3.47. The lowest BCUT2D eigenvalue weighted by Crippen LogP contribution is -2.20. The number of aromatic nitrogens is 1. The van der Waals surface area contributed by atoms with Gasteiger partial charge in [-0.2, -0.15) is 0 Å². The molecule has 0 aliphatic heterocycles. The third-order valence-corrected chi connectivity index (χ3v) is 4.32. The van der Waals surface area contributed by atoms with E-state index in [0.29, 0.717) is 11.3 Å². The summed E-state index contributed by atoms with van der Waals surface area (Å²) in [5.41, 5.74) is 1.11. The average Bonchev–Trinajstić information content (AvgIpc) is 3.12. The topological polar surface area (TPSA) is 81.4 Å². The van der Waals surface area contributed by atoms with Gasteiger partial charge in [0.05, 0.1) is 11.3 Å². The first-order valence-corrected chi connectivity index (χ1v) is 8.42. The van der Waals surface area contributed by atoms with Gasteiger partial charge in [0, 0.05) is 23.5 Å². The number of anilines is 1. The van der Waals surface area contributed by atoms with E-state index in [1.807, 2.05) is 20.8 Å². The number of rotatable bonds is 4. The van der Waals surface area contributed by atoms with E-state index in [-0.39, 0.29) is 47.3 Å². The Balaban J connectivity index is 1.68. The molecule has 0 radical (unpaired) electrons. The number of nitrogens with one attached hydrogen (secondary N) is 1. The standard InChI is InChI=1S/C19H21FN2O4/c1-10-7-12(23)18-13(6-5-11(20)17(10)18)25-9-15(24)21-16-8-14(22-26-16)19(2,3)4/h5-6,8,10H,7,9H2,1-4H3,(H,21,24)/t10-/m1/s1. The minimum absolute atomic E-state index is 0.174. The number of amides is 1. The van der Waals surface area contributed by atoms with Crippen LogP contribution >= 0.6 is 0 Å². The normalized spacial score (nSPS) is 16.5. The van der Waals surface area contributed by atoms with Gasteiger partial charge in [-0.25, -0.2) is 4.39 Å². The summed E-state index contributed by atoms with van der Waals surface area (Å²) in [6.45, 7) is 7.40. The van der Waals surface area contributed by atoms with Crippen LogP contribution in [0.5, 0.6) is 5.75 Å². The highest BCUT2D eigenvalue weighted by molar-refractivity contribution is 6.04. The number of nitrogens with zero attached hydrogens (tertiary/aromatic N) is 1. The van der Waals surface area contributed by atoms with Crippen LogP contribution in [0.3, 0.4) is 0 Å². The summed E-state index contributed by atoms with van der Waals surface area (Å²) >= 11 is 0. The highest BCUT2D eigenvalue weighted by Crippen LogP contribution is 2.39. The highest BCUT2D eigenvalue weighted by atomic mass is 19.1. The van der Waals surface area contributed by atoms with E-state index < -0.39 is 11.7 Å². The molecular weight excluding hydrogens is 339 g/mol. The van der Waals surface area contributed by atoms with Crippen LogP contribution < -0.4 is 10.1 Å². The summed E-state index contributed by atoms with van der Waals surface area (Å²) in [6.07, 6.45) is 0.243. The van der Waals surface area contributed by atoms with E-state index in [9.17, 15) is 14.0 Å². The second kappa shape index (κ2) is 6.55. The molecule has 0 saturated heterocycles. The average molecular weight is 360 g/mol. The maximum absolute atomic E-state index is 14.0. The molecule has 138 valence electrons. The Hall–Kier alpha value is -2.70. The second-order valence-corrected chi connectivity index (χ2v) is 7.53. The van der Waals surface area contributed by atoms with Crippen molar-refractivity contribution >= 4 is 17.6 Å². The van der Waals surface area contributed by atoms with Crippen LogP contribution in [0.25, 0.3) is 0 Å². The molecule has 26 heavy (non-hydrogen) atoms. The third-order valence-electron chi connectivity index (χ3n) is 4.32. The Bertz CT molecular complexity index is 867. The number of carbonyl (C=O) groups excluding carboxylic acids is 2. The minimum atomic E-state index is -0.460. The smallest absolute Gasteiger partial charge is 0.264 e. The predicted octanol–water partition coefficient (Wildman–Crippen LogP) is 3.82. The molecule has 1 aromatic heterocycles. The van der Waals surface area contributed by atoms with E-state index in [2.05, 4.69) is 10.5 Å². The van der Waals surface area contributed by atoms with Crippen molar-refractivity contribution in [3.05, 3.63) is 40.8 Å². The van der Waals surface area contributed by atoms with Gasteiger partial charge in [-0.1, -0.05) is 32.9 Å². The molecule has 7 heteroatoms. The quantitative estimate of drug-likeness (QED) is 0.896. The molecule has 3 rings (SSSR count). The summed E-state index contributed by atoms with van der Waals surface area (Å²) < 4.78 is 24.5. The fourth-order valence-electron chi connectivity index (χ4n) is 2.95. The zero-order valence-corrected chi connectivity index (χ0v) is 15.2. The van der Waals surface area contributed by atoms with Crippen molar-refractivity contribution in [2.75, 3.05) is 11.9 Å². The number of Topliss-reactive ketones (excluding diaryl/α,β-unsaturated/α-hetero) is 1. The number of hydrogen-bond acceptors (Lipinski definition) is 5. The zero-order valence-electron chi connectivity index (χ0n) is 15.2. The first kappa shape index (κ1) is 18.1. The van der Waals surface area contributed by atoms with Crippen LogP contribution in [0.1, 0.15) is 61.6 Å². The van der Waals surface area contributed by atoms with Crippen molar-refractivity contribution in [3.8, 4) is 5.75 Å². The number of carbonyl (C=O) groups is 2. The molecule has 0 fully saturated rings. The van der Waals surface area contributed by atoms with Gasteiger partial charge in [0.2, 0.25) is 5.88 Å². The molecule has 0 bridgehead atoms. The van der Waals surface area contributed by atoms with Crippen molar-refractivity contribution in [1.29, 1.82) is 0 Å². The van der Waals surface area contributed by atoms with Gasteiger partial charge in [-0.3, -0.25) is 14.9 Å². The van der Waals surface area contributed by atoms with E-state index in [0.717, 1.165) is 0 Å². The Morgan fingerprint density at radius 1 is 1.42 bits per heavy atom. The highest BCUT2D eigenvalue weighted by Gasteiger charge is 2.32. The van der Waals surface area contributed by atoms with Gasteiger partial charge < -0.3 is 9.26 Å². The van der Waals surface area contributed by atoms with Crippen LogP contribution in [0.15, 0.2) is 22.7 Å². The number of ether oxygens (including phenoxy) is 1. The lowest BCUT2D eigenvalue weighted by molar-refractivity contribution is -0.118. The van der Waals surface area contributed by atoms with Crippen LogP contribution in [0.4, 0.5) is 10.3 Å². The molecule has 1 atom stereocenters. The molecule has 2 aromatic rings. The Kier molecular flexibility index (Phi) is 4.56. The summed E-state index contributed by atoms with van der Waals surface area (Å²) in [7, 11) is 0. The fraction of sp³-hybridized carbons (Fsp3) is 0.421. The van der Waals surface area contributed by atoms with Crippen LogP contribution in [0.2, 0.25) is 0 Å².